The summed E-state index contributed by atoms with van der Waals surface area (Å²) in [4.78, 5) is 19.4. The number of hydrogen-bond acceptors (Lipinski definition) is 3. The van der Waals surface area contributed by atoms with Gasteiger partial charge in [-0.25, -0.2) is 4.98 Å². The van der Waals surface area contributed by atoms with Crippen molar-refractivity contribution in [2.75, 3.05) is 23.8 Å². The number of hydrogen-bond donors (Lipinski definition) is 1. The van der Waals surface area contributed by atoms with Crippen molar-refractivity contribution in [1.82, 2.24) is 4.98 Å². The molecule has 0 saturated carbocycles. The lowest BCUT2D eigenvalue weighted by molar-refractivity contribution is -0.111. The number of rotatable bonds is 3. The number of aromatic nitrogens is 1. The van der Waals surface area contributed by atoms with E-state index in [0.717, 1.165) is 46.5 Å². The van der Waals surface area contributed by atoms with Crippen molar-refractivity contribution < 1.29 is 4.79 Å². The Bertz CT molecular complexity index is 964. The van der Waals surface area contributed by atoms with E-state index in [-0.39, 0.29) is 5.91 Å². The summed E-state index contributed by atoms with van der Waals surface area (Å²) in [6.07, 6.45) is 4.29. The lowest BCUT2D eigenvalue weighted by Crippen LogP contribution is -2.14. The molecule has 0 atom stereocenters. The highest BCUT2D eigenvalue weighted by molar-refractivity contribution is 6.09. The van der Waals surface area contributed by atoms with Crippen molar-refractivity contribution in [3.05, 3.63) is 71.8 Å². The van der Waals surface area contributed by atoms with E-state index in [0.29, 0.717) is 0 Å². The lowest BCUT2D eigenvalue weighted by atomic mass is 10.1. The number of carbonyl (C=O) groups is 1. The summed E-state index contributed by atoms with van der Waals surface area (Å²) in [5, 5.41) is 4.07. The van der Waals surface area contributed by atoms with Crippen LogP contribution in [-0.4, -0.2) is 24.5 Å². The molecule has 0 spiro atoms. The van der Waals surface area contributed by atoms with Gasteiger partial charge in [0.15, 0.2) is 0 Å². The van der Waals surface area contributed by atoms with Crippen LogP contribution < -0.4 is 10.2 Å². The van der Waals surface area contributed by atoms with Crippen LogP contribution >= 0.6 is 0 Å². The molecule has 4 nitrogen and oxygen atoms in total. The maximum atomic E-state index is 12.5. The molecule has 0 bridgehead atoms. The van der Waals surface area contributed by atoms with Gasteiger partial charge in [0.05, 0.1) is 11.2 Å². The Hall–Kier alpha value is -3.14. The standard InChI is InChI=1S/C21H19N3O/c1-24-14-13-17-20(16-9-5-6-10-18(16)22-21(17)24)23-19(25)12-11-15-7-3-2-4-8-15/h2-12H,13-14H2,1H3,(H,22,23,25). The predicted octanol–water partition coefficient (Wildman–Crippen LogP) is 3.88. The Balaban J connectivity index is 1.69. The van der Waals surface area contributed by atoms with Crippen molar-refractivity contribution in [2.45, 2.75) is 6.42 Å². The predicted molar refractivity (Wildman–Crippen MR) is 103 cm³/mol. The second-order valence-electron chi connectivity index (χ2n) is 6.21. The minimum absolute atomic E-state index is 0.128. The smallest absolute Gasteiger partial charge is 0.248 e. The first kappa shape index (κ1) is 15.4. The third-order valence-corrected chi connectivity index (χ3v) is 4.51. The van der Waals surface area contributed by atoms with Crippen LogP contribution in [0.2, 0.25) is 0 Å². The van der Waals surface area contributed by atoms with E-state index in [1.807, 2.05) is 67.7 Å². The molecule has 1 N–H and O–H groups in total. The van der Waals surface area contributed by atoms with Crippen molar-refractivity contribution in [3.63, 3.8) is 0 Å². The number of nitrogens with one attached hydrogen (secondary N) is 1. The first-order chi connectivity index (χ1) is 12.2. The van der Waals surface area contributed by atoms with Crippen LogP contribution in [0.4, 0.5) is 11.5 Å². The average molecular weight is 329 g/mol. The zero-order valence-corrected chi connectivity index (χ0v) is 14.1. The number of nitrogens with zero attached hydrogens (tertiary/aromatic N) is 2. The number of anilines is 2. The molecule has 4 heteroatoms. The molecule has 1 aliphatic rings. The molecule has 0 unspecified atom stereocenters. The van der Waals surface area contributed by atoms with Gasteiger partial charge >= 0.3 is 0 Å². The molecular weight excluding hydrogens is 310 g/mol. The molecule has 3 aromatic rings. The maximum Gasteiger partial charge on any atom is 0.248 e. The molecule has 0 aliphatic carbocycles. The van der Waals surface area contributed by atoms with Crippen LogP contribution in [0.1, 0.15) is 11.1 Å². The molecule has 2 aromatic carbocycles. The summed E-state index contributed by atoms with van der Waals surface area (Å²) in [6.45, 7) is 0.918. The topological polar surface area (TPSA) is 45.2 Å². The first-order valence-corrected chi connectivity index (χ1v) is 8.39. The Morgan fingerprint density at radius 3 is 2.72 bits per heavy atom. The molecule has 4 rings (SSSR count). The van der Waals surface area contributed by atoms with E-state index < -0.39 is 0 Å². The third kappa shape index (κ3) is 2.98. The number of pyridine rings is 1. The van der Waals surface area contributed by atoms with E-state index in [4.69, 9.17) is 4.98 Å². The van der Waals surface area contributed by atoms with Crippen LogP contribution in [0.25, 0.3) is 17.0 Å². The van der Waals surface area contributed by atoms with Crippen molar-refractivity contribution >= 4 is 34.4 Å². The Kier molecular flexibility index (Phi) is 3.94. The fraction of sp³-hybridized carbons (Fsp3) is 0.143. The van der Waals surface area contributed by atoms with E-state index >= 15 is 0 Å². The fourth-order valence-corrected chi connectivity index (χ4v) is 3.22. The SMILES string of the molecule is CN1CCc2c1nc1ccccc1c2NC(=O)C=Cc1ccccc1. The summed E-state index contributed by atoms with van der Waals surface area (Å²) < 4.78 is 0. The van der Waals surface area contributed by atoms with Crippen molar-refractivity contribution in [2.24, 2.45) is 0 Å². The van der Waals surface area contributed by atoms with Gasteiger partial charge in [0.2, 0.25) is 5.91 Å². The largest absolute Gasteiger partial charge is 0.359 e. The fourth-order valence-electron chi connectivity index (χ4n) is 3.22. The van der Waals surface area contributed by atoms with Gasteiger partial charge in [-0.15, -0.1) is 0 Å². The van der Waals surface area contributed by atoms with Gasteiger partial charge < -0.3 is 10.2 Å². The van der Waals surface area contributed by atoms with Crippen LogP contribution in [0, 0.1) is 0 Å². The van der Waals surface area contributed by atoms with Gasteiger partial charge in [-0.05, 0) is 24.1 Å². The molecule has 0 radical (unpaired) electrons. The average Bonchev–Trinajstić information content (AvgIpc) is 3.02. The number of benzene rings is 2. The third-order valence-electron chi connectivity index (χ3n) is 4.51. The minimum atomic E-state index is -0.128. The van der Waals surface area contributed by atoms with Crippen LogP contribution in [-0.2, 0) is 11.2 Å². The minimum Gasteiger partial charge on any atom is -0.359 e. The highest BCUT2D eigenvalue weighted by atomic mass is 16.1. The summed E-state index contributed by atoms with van der Waals surface area (Å²) >= 11 is 0. The van der Waals surface area contributed by atoms with Crippen molar-refractivity contribution in [3.8, 4) is 0 Å². The van der Waals surface area contributed by atoms with Gasteiger partial charge in [-0.1, -0.05) is 48.5 Å². The first-order valence-electron chi connectivity index (χ1n) is 8.39. The maximum absolute atomic E-state index is 12.5. The normalized spacial score (nSPS) is 13.4. The van der Waals surface area contributed by atoms with Gasteiger partial charge in [0.25, 0.3) is 0 Å². The number of fused-ring (bicyclic) bond motifs is 2. The quantitative estimate of drug-likeness (QED) is 0.742. The summed E-state index contributed by atoms with van der Waals surface area (Å²) in [5.41, 5.74) is 3.90. The monoisotopic (exact) mass is 329 g/mol. The summed E-state index contributed by atoms with van der Waals surface area (Å²) in [5.74, 6) is 0.831. The number of para-hydroxylation sites is 1. The molecular formula is C21H19N3O. The number of likely N-dealkylation sites (N-methyl/N-ethyl adjacent to an activating group) is 1. The number of amides is 1. The molecule has 1 amide bonds. The summed E-state index contributed by atoms with van der Waals surface area (Å²) in [6, 6.07) is 17.8. The Morgan fingerprint density at radius 2 is 1.88 bits per heavy atom. The lowest BCUT2D eigenvalue weighted by Gasteiger charge is -2.15. The van der Waals surface area contributed by atoms with Crippen molar-refractivity contribution in [1.29, 1.82) is 0 Å². The van der Waals surface area contributed by atoms with E-state index in [1.54, 1.807) is 6.08 Å². The van der Waals surface area contributed by atoms with Gasteiger partial charge in [-0.2, -0.15) is 0 Å². The second-order valence-corrected chi connectivity index (χ2v) is 6.21. The van der Waals surface area contributed by atoms with E-state index in [2.05, 4.69) is 10.2 Å². The summed E-state index contributed by atoms with van der Waals surface area (Å²) in [7, 11) is 2.04. The zero-order valence-electron chi connectivity index (χ0n) is 14.1. The van der Waals surface area contributed by atoms with E-state index in [9.17, 15) is 4.79 Å². The molecule has 1 aliphatic heterocycles. The number of carbonyl (C=O) groups excluding carboxylic acids is 1. The molecule has 0 saturated heterocycles. The van der Waals surface area contributed by atoms with Gasteiger partial charge in [0.1, 0.15) is 5.82 Å². The Morgan fingerprint density at radius 1 is 1.12 bits per heavy atom. The second kappa shape index (κ2) is 6.40. The molecule has 0 fully saturated rings. The highest BCUT2D eigenvalue weighted by Crippen LogP contribution is 2.36. The molecule has 124 valence electrons. The molecule has 2 heterocycles. The Labute approximate surface area is 146 Å². The van der Waals surface area contributed by atoms with Crippen LogP contribution in [0.15, 0.2) is 60.7 Å². The van der Waals surface area contributed by atoms with Gasteiger partial charge in [0, 0.05) is 30.6 Å². The zero-order chi connectivity index (χ0) is 17.2. The van der Waals surface area contributed by atoms with Crippen LogP contribution in [0.5, 0.6) is 0 Å². The highest BCUT2D eigenvalue weighted by Gasteiger charge is 2.23. The van der Waals surface area contributed by atoms with Crippen LogP contribution in [0.3, 0.4) is 0 Å². The molecule has 1 aromatic heterocycles. The molecule has 25 heavy (non-hydrogen) atoms. The van der Waals surface area contributed by atoms with E-state index in [1.165, 1.54) is 0 Å². The van der Waals surface area contributed by atoms with Gasteiger partial charge in [-0.3, -0.25) is 4.79 Å².